The summed E-state index contributed by atoms with van der Waals surface area (Å²) in [6.45, 7) is 0.379. The monoisotopic (exact) mass is 259 g/mol. The number of carboxylic acid groups (broad SMARTS) is 1. The Morgan fingerprint density at radius 2 is 2.00 bits per heavy atom. The van der Waals surface area contributed by atoms with Crippen LogP contribution in [0.15, 0.2) is 48.8 Å². The molecule has 2 rings (SSSR count). The maximum absolute atomic E-state index is 10.9. The third-order valence-electron chi connectivity index (χ3n) is 2.42. The van der Waals surface area contributed by atoms with Crippen molar-refractivity contribution in [2.24, 2.45) is 0 Å². The van der Waals surface area contributed by atoms with Gasteiger partial charge in [0.2, 0.25) is 0 Å². The van der Waals surface area contributed by atoms with Crippen molar-refractivity contribution >= 4 is 5.97 Å². The molecule has 1 aromatic heterocycles. The molecule has 0 aliphatic rings. The second-order valence-corrected chi connectivity index (χ2v) is 3.77. The van der Waals surface area contributed by atoms with Gasteiger partial charge in [-0.1, -0.05) is 30.3 Å². The van der Waals surface area contributed by atoms with E-state index in [1.54, 1.807) is 0 Å². The van der Waals surface area contributed by atoms with Gasteiger partial charge >= 0.3 is 5.97 Å². The highest BCUT2D eigenvalue weighted by molar-refractivity contribution is 5.90. The number of aromatic nitrogens is 1. The third kappa shape index (κ3) is 3.79. The number of carboxylic acids is 1. The minimum atomic E-state index is -1.06. The Morgan fingerprint density at radius 3 is 2.74 bits per heavy atom. The molecule has 0 bridgehead atoms. The molecule has 98 valence electrons. The Kier molecular flexibility index (Phi) is 4.47. The number of aromatic carboxylic acids is 1. The maximum Gasteiger partial charge on any atom is 0.339 e. The van der Waals surface area contributed by atoms with Gasteiger partial charge in [-0.15, -0.1) is 0 Å². The van der Waals surface area contributed by atoms with Crippen LogP contribution in [0.2, 0.25) is 0 Å². The lowest BCUT2D eigenvalue weighted by Gasteiger charge is -2.08. The number of carbonyl (C=O) groups is 1. The molecule has 0 saturated heterocycles. The molecule has 0 aliphatic carbocycles. The summed E-state index contributed by atoms with van der Waals surface area (Å²) in [6.07, 6.45) is 2.76. The Hall–Kier alpha value is -2.40. The minimum Gasteiger partial charge on any atom is -0.478 e. The quantitative estimate of drug-likeness (QED) is 0.637. The number of nitrogens with zero attached hydrogens (tertiary/aromatic N) is 1. The van der Waals surface area contributed by atoms with E-state index in [2.05, 4.69) is 4.98 Å². The Labute approximate surface area is 110 Å². The van der Waals surface area contributed by atoms with Crippen molar-refractivity contribution in [2.75, 3.05) is 6.79 Å². The third-order valence-corrected chi connectivity index (χ3v) is 2.42. The molecule has 1 aromatic carbocycles. The highest BCUT2D eigenvalue weighted by atomic mass is 16.7. The van der Waals surface area contributed by atoms with Gasteiger partial charge in [-0.2, -0.15) is 0 Å². The average Bonchev–Trinajstić information content (AvgIpc) is 2.45. The fraction of sp³-hybridized carbons (Fsp3) is 0.143. The molecule has 0 unspecified atom stereocenters. The summed E-state index contributed by atoms with van der Waals surface area (Å²) in [5.41, 5.74) is 1.09. The fourth-order valence-corrected chi connectivity index (χ4v) is 1.51. The van der Waals surface area contributed by atoms with Crippen LogP contribution in [0, 0.1) is 0 Å². The number of pyridine rings is 1. The molecule has 1 N–H and O–H groups in total. The van der Waals surface area contributed by atoms with Crippen LogP contribution >= 0.6 is 0 Å². The van der Waals surface area contributed by atoms with Crippen molar-refractivity contribution in [1.82, 2.24) is 4.98 Å². The molecule has 1 heterocycles. The molecule has 5 nitrogen and oxygen atoms in total. The zero-order valence-electron chi connectivity index (χ0n) is 10.2. The second kappa shape index (κ2) is 6.51. The fourth-order valence-electron chi connectivity index (χ4n) is 1.51. The highest BCUT2D eigenvalue weighted by Crippen LogP contribution is 2.16. The summed E-state index contributed by atoms with van der Waals surface area (Å²) in [6, 6.07) is 11.0. The SMILES string of the molecule is O=C(O)c1ccncc1OCOCc1ccccc1. The lowest BCUT2D eigenvalue weighted by molar-refractivity contribution is 0.00411. The van der Waals surface area contributed by atoms with Crippen molar-refractivity contribution in [1.29, 1.82) is 0 Å². The molecule has 0 radical (unpaired) electrons. The number of hydrogen-bond donors (Lipinski definition) is 1. The van der Waals surface area contributed by atoms with Crippen LogP contribution in [0.5, 0.6) is 5.75 Å². The van der Waals surface area contributed by atoms with E-state index in [0.29, 0.717) is 6.61 Å². The van der Waals surface area contributed by atoms with E-state index in [9.17, 15) is 4.79 Å². The molecular formula is C14H13NO4. The topological polar surface area (TPSA) is 68.7 Å². The number of rotatable bonds is 6. The van der Waals surface area contributed by atoms with E-state index in [-0.39, 0.29) is 18.1 Å². The van der Waals surface area contributed by atoms with Gasteiger partial charge in [-0.05, 0) is 11.6 Å². The van der Waals surface area contributed by atoms with Gasteiger partial charge in [0.15, 0.2) is 12.5 Å². The van der Waals surface area contributed by atoms with E-state index < -0.39 is 5.97 Å². The van der Waals surface area contributed by atoms with Crippen molar-refractivity contribution in [3.8, 4) is 5.75 Å². The molecule has 5 heteroatoms. The molecule has 0 spiro atoms. The molecule has 0 atom stereocenters. The van der Waals surface area contributed by atoms with Crippen LogP contribution < -0.4 is 4.74 Å². The largest absolute Gasteiger partial charge is 0.478 e. The summed E-state index contributed by atoms with van der Waals surface area (Å²) >= 11 is 0. The van der Waals surface area contributed by atoms with Gasteiger partial charge in [-0.3, -0.25) is 4.98 Å². The van der Waals surface area contributed by atoms with Crippen LogP contribution in [0.25, 0.3) is 0 Å². The predicted molar refractivity (Wildman–Crippen MR) is 67.9 cm³/mol. The van der Waals surface area contributed by atoms with Crippen LogP contribution in [0.1, 0.15) is 15.9 Å². The van der Waals surface area contributed by atoms with Gasteiger partial charge in [0.25, 0.3) is 0 Å². The van der Waals surface area contributed by atoms with Crippen molar-refractivity contribution in [3.05, 3.63) is 59.9 Å². The molecule has 0 saturated carbocycles. The number of hydrogen-bond acceptors (Lipinski definition) is 4. The molecule has 2 aromatic rings. The van der Waals surface area contributed by atoms with Crippen LogP contribution in [-0.2, 0) is 11.3 Å². The molecule has 0 aliphatic heterocycles. The lowest BCUT2D eigenvalue weighted by Crippen LogP contribution is -2.07. The molecular weight excluding hydrogens is 246 g/mol. The first kappa shape index (κ1) is 13.0. The first-order chi connectivity index (χ1) is 9.27. The van der Waals surface area contributed by atoms with Crippen molar-refractivity contribution in [2.45, 2.75) is 6.61 Å². The van der Waals surface area contributed by atoms with Crippen molar-refractivity contribution < 1.29 is 19.4 Å². The van der Waals surface area contributed by atoms with Crippen LogP contribution in [0.3, 0.4) is 0 Å². The van der Waals surface area contributed by atoms with Gasteiger partial charge < -0.3 is 14.6 Å². The number of ether oxygens (including phenoxy) is 2. The van der Waals surface area contributed by atoms with E-state index in [0.717, 1.165) is 5.56 Å². The average molecular weight is 259 g/mol. The summed E-state index contributed by atoms with van der Waals surface area (Å²) in [4.78, 5) is 14.7. The molecule has 19 heavy (non-hydrogen) atoms. The molecule has 0 fully saturated rings. The standard InChI is InChI=1S/C14H13NO4/c16-14(17)12-6-7-15-8-13(12)19-10-18-9-11-4-2-1-3-5-11/h1-8H,9-10H2,(H,16,17). The first-order valence-corrected chi connectivity index (χ1v) is 5.69. The Bertz CT molecular complexity index is 542. The van der Waals surface area contributed by atoms with E-state index >= 15 is 0 Å². The Morgan fingerprint density at radius 1 is 1.21 bits per heavy atom. The normalized spacial score (nSPS) is 10.1. The smallest absolute Gasteiger partial charge is 0.339 e. The van der Waals surface area contributed by atoms with Gasteiger partial charge in [-0.25, -0.2) is 4.79 Å². The highest BCUT2D eigenvalue weighted by Gasteiger charge is 2.10. The summed E-state index contributed by atoms with van der Waals surface area (Å²) < 4.78 is 10.6. The van der Waals surface area contributed by atoms with E-state index in [1.165, 1.54) is 18.5 Å². The first-order valence-electron chi connectivity index (χ1n) is 5.69. The van der Waals surface area contributed by atoms with Gasteiger partial charge in [0, 0.05) is 6.20 Å². The van der Waals surface area contributed by atoms with E-state index in [4.69, 9.17) is 14.6 Å². The van der Waals surface area contributed by atoms with Crippen molar-refractivity contribution in [3.63, 3.8) is 0 Å². The second-order valence-electron chi connectivity index (χ2n) is 3.77. The predicted octanol–water partition coefficient (Wildman–Crippen LogP) is 2.33. The van der Waals surface area contributed by atoms with Gasteiger partial charge in [0.1, 0.15) is 5.56 Å². The van der Waals surface area contributed by atoms with E-state index in [1.807, 2.05) is 30.3 Å². The summed E-state index contributed by atoms with van der Waals surface area (Å²) in [5.74, 6) is -0.858. The number of benzene rings is 1. The van der Waals surface area contributed by atoms with Crippen LogP contribution in [0.4, 0.5) is 0 Å². The summed E-state index contributed by atoms with van der Waals surface area (Å²) in [5, 5.41) is 8.95. The molecule has 0 amide bonds. The van der Waals surface area contributed by atoms with Gasteiger partial charge in [0.05, 0.1) is 12.8 Å². The zero-order chi connectivity index (χ0) is 13.5. The summed E-state index contributed by atoms with van der Waals surface area (Å²) in [7, 11) is 0. The Balaban J connectivity index is 1.85. The lowest BCUT2D eigenvalue weighted by atomic mass is 10.2. The minimum absolute atomic E-state index is 0.0269. The van der Waals surface area contributed by atoms with Crippen LogP contribution in [-0.4, -0.2) is 22.9 Å². The maximum atomic E-state index is 10.9. The zero-order valence-corrected chi connectivity index (χ0v) is 10.2.